The van der Waals surface area contributed by atoms with Gasteiger partial charge in [-0.3, -0.25) is 0 Å². The lowest BCUT2D eigenvalue weighted by atomic mass is 10.0. The highest BCUT2D eigenvalue weighted by molar-refractivity contribution is 5.81. The van der Waals surface area contributed by atoms with Gasteiger partial charge in [-0.2, -0.15) is 26.3 Å². The van der Waals surface area contributed by atoms with Gasteiger partial charge in [0.05, 0.1) is 6.33 Å². The van der Waals surface area contributed by atoms with Crippen LogP contribution in [-0.2, 0) is 9.59 Å². The molecule has 0 unspecified atom stereocenters. The summed E-state index contributed by atoms with van der Waals surface area (Å²) in [5, 5.41) is 17.8. The number of piperidine rings is 1. The summed E-state index contributed by atoms with van der Waals surface area (Å²) in [7, 11) is 0. The molecule has 5 N–H and O–H groups in total. The summed E-state index contributed by atoms with van der Waals surface area (Å²) in [5.74, 6) is -4.34. The fraction of sp³-hybridized carbons (Fsp3) is 0.533. The fourth-order valence-corrected chi connectivity index (χ4v) is 3.26. The Kier molecular flexibility index (Phi) is 6.93. The van der Waals surface area contributed by atoms with Gasteiger partial charge in [0, 0.05) is 18.6 Å². The molecule has 0 spiro atoms. The lowest BCUT2D eigenvalue weighted by Gasteiger charge is -2.23. The van der Waals surface area contributed by atoms with Crippen LogP contribution in [0.4, 0.5) is 32.2 Å². The second-order valence-corrected chi connectivity index (χ2v) is 6.59. The van der Waals surface area contributed by atoms with Crippen molar-refractivity contribution in [3.05, 3.63) is 12.7 Å². The molecule has 10 nitrogen and oxygen atoms in total. The van der Waals surface area contributed by atoms with Gasteiger partial charge in [-0.1, -0.05) is 0 Å². The number of fused-ring (bicyclic) bond motifs is 3. The Morgan fingerprint density at radius 1 is 1.03 bits per heavy atom. The fourth-order valence-electron chi connectivity index (χ4n) is 3.26. The van der Waals surface area contributed by atoms with Crippen LogP contribution in [0.1, 0.15) is 18.9 Å². The third-order valence-corrected chi connectivity index (χ3v) is 4.56. The van der Waals surface area contributed by atoms with Crippen LogP contribution >= 0.6 is 0 Å². The highest BCUT2D eigenvalue weighted by Crippen LogP contribution is 2.41. The Labute approximate surface area is 169 Å². The largest absolute Gasteiger partial charge is 0.490 e. The average Bonchev–Trinajstić information content (AvgIpc) is 3.36. The number of anilines is 1. The number of hydrogen-bond acceptors (Lipinski definition) is 7. The van der Waals surface area contributed by atoms with E-state index in [0.29, 0.717) is 23.8 Å². The molecular formula is C15H16F6N6O4. The van der Waals surface area contributed by atoms with Crippen molar-refractivity contribution in [2.24, 2.45) is 5.92 Å². The average molecular weight is 458 g/mol. The Balaban J connectivity index is 0.000000206. The number of hydrogen-bond donors (Lipinski definition) is 4. The number of aliphatic carboxylic acids is 2. The van der Waals surface area contributed by atoms with Gasteiger partial charge in [0.2, 0.25) is 0 Å². The van der Waals surface area contributed by atoms with Gasteiger partial charge in [0.15, 0.2) is 11.5 Å². The Morgan fingerprint density at radius 3 is 2.00 bits per heavy atom. The first kappa shape index (κ1) is 24.1. The van der Waals surface area contributed by atoms with Gasteiger partial charge < -0.3 is 25.8 Å². The van der Waals surface area contributed by atoms with Crippen LogP contribution in [0.3, 0.4) is 0 Å². The van der Waals surface area contributed by atoms with Crippen molar-refractivity contribution in [1.82, 2.24) is 24.8 Å². The smallest absolute Gasteiger partial charge is 0.475 e. The molecule has 4 rings (SSSR count). The van der Waals surface area contributed by atoms with E-state index in [1.807, 2.05) is 6.33 Å². The third-order valence-electron chi connectivity index (χ3n) is 4.56. The molecular weight excluding hydrogens is 442 g/mol. The van der Waals surface area contributed by atoms with E-state index in [1.165, 1.54) is 19.2 Å². The van der Waals surface area contributed by atoms with Crippen LogP contribution in [-0.4, -0.2) is 66.6 Å². The Bertz CT molecular complexity index is 922. The van der Waals surface area contributed by atoms with Crippen LogP contribution in [0.25, 0.3) is 11.2 Å². The molecule has 2 aromatic rings. The molecule has 0 aromatic carbocycles. The maximum Gasteiger partial charge on any atom is 0.490 e. The molecule has 172 valence electrons. The number of alkyl halides is 6. The van der Waals surface area contributed by atoms with Gasteiger partial charge in [-0.05, 0) is 18.8 Å². The lowest BCUT2D eigenvalue weighted by molar-refractivity contribution is -0.193. The molecule has 3 heterocycles. The zero-order valence-electron chi connectivity index (χ0n) is 15.4. The first-order valence-corrected chi connectivity index (χ1v) is 8.48. The summed E-state index contributed by atoms with van der Waals surface area (Å²) in [5.41, 5.74) is 7.40. The van der Waals surface area contributed by atoms with E-state index in [0.717, 1.165) is 17.7 Å². The minimum absolute atomic E-state index is 0.468. The first-order valence-electron chi connectivity index (χ1n) is 8.48. The summed E-state index contributed by atoms with van der Waals surface area (Å²) < 4.78 is 65.7. The number of imidazole rings is 1. The molecule has 2 aromatic heterocycles. The van der Waals surface area contributed by atoms with Crippen LogP contribution in [0, 0.1) is 5.92 Å². The maximum atomic E-state index is 10.6. The number of nitrogens with two attached hydrogens (primary N) is 1. The van der Waals surface area contributed by atoms with Crippen LogP contribution in [0.5, 0.6) is 0 Å². The summed E-state index contributed by atoms with van der Waals surface area (Å²) in [4.78, 5) is 30.4. The number of halogens is 6. The van der Waals surface area contributed by atoms with Gasteiger partial charge >= 0.3 is 24.3 Å². The standard InChI is InChI=1S/C11H14N6.2C2HF3O2/c12-10-9-11(15-4-14-10)17(5-16-9)8-2-7-1-6(8)3-13-7;2*3-2(4,5)1(6)7/h4-8,13H,1-3H2,(H2,12,14,15);2*(H,6,7)/t6-,7-,8+;;/m1../s1. The number of carbonyl (C=O) groups is 2. The predicted octanol–water partition coefficient (Wildman–Crippen LogP) is 1.60. The van der Waals surface area contributed by atoms with Gasteiger partial charge in [-0.25, -0.2) is 24.5 Å². The van der Waals surface area contributed by atoms with E-state index in [1.54, 1.807) is 0 Å². The van der Waals surface area contributed by atoms with Crippen molar-refractivity contribution in [2.75, 3.05) is 12.3 Å². The second-order valence-electron chi connectivity index (χ2n) is 6.59. The quantitative estimate of drug-likeness (QED) is 0.466. The number of carboxylic acids is 2. The number of carboxylic acid groups (broad SMARTS) is 2. The molecule has 1 saturated carbocycles. The van der Waals surface area contributed by atoms with Crippen LogP contribution in [0.2, 0.25) is 0 Å². The van der Waals surface area contributed by atoms with Crippen molar-refractivity contribution < 1.29 is 46.1 Å². The molecule has 31 heavy (non-hydrogen) atoms. The van der Waals surface area contributed by atoms with Crippen LogP contribution < -0.4 is 11.1 Å². The zero-order chi connectivity index (χ0) is 23.6. The van der Waals surface area contributed by atoms with Crippen molar-refractivity contribution in [2.45, 2.75) is 37.3 Å². The minimum atomic E-state index is -5.08. The van der Waals surface area contributed by atoms with Crippen molar-refractivity contribution in [1.29, 1.82) is 0 Å². The van der Waals surface area contributed by atoms with Crippen LogP contribution in [0.15, 0.2) is 12.7 Å². The van der Waals surface area contributed by atoms with E-state index in [4.69, 9.17) is 25.5 Å². The summed E-state index contributed by atoms with van der Waals surface area (Å²) in [6.07, 6.45) is -4.35. The maximum absolute atomic E-state index is 10.6. The van der Waals surface area contributed by atoms with Gasteiger partial charge in [-0.15, -0.1) is 0 Å². The second kappa shape index (κ2) is 8.91. The zero-order valence-corrected chi connectivity index (χ0v) is 15.4. The predicted molar refractivity (Wildman–Crippen MR) is 90.7 cm³/mol. The highest BCUT2D eigenvalue weighted by Gasteiger charge is 2.41. The lowest BCUT2D eigenvalue weighted by Crippen LogP contribution is -2.30. The summed E-state index contributed by atoms with van der Waals surface area (Å²) in [6.45, 7) is 1.11. The summed E-state index contributed by atoms with van der Waals surface area (Å²) in [6, 6.07) is 1.18. The molecule has 0 amide bonds. The molecule has 0 radical (unpaired) electrons. The molecule has 1 aliphatic heterocycles. The Morgan fingerprint density at radius 2 is 1.58 bits per heavy atom. The van der Waals surface area contributed by atoms with E-state index >= 15 is 0 Å². The Hall–Kier alpha value is -3.17. The summed E-state index contributed by atoms with van der Waals surface area (Å²) >= 11 is 0. The molecule has 1 aliphatic carbocycles. The van der Waals surface area contributed by atoms with Crippen molar-refractivity contribution in [3.8, 4) is 0 Å². The third kappa shape index (κ3) is 5.93. The topological polar surface area (TPSA) is 156 Å². The highest BCUT2D eigenvalue weighted by atomic mass is 19.4. The van der Waals surface area contributed by atoms with E-state index in [-0.39, 0.29) is 0 Å². The number of rotatable bonds is 1. The first-order chi connectivity index (χ1) is 14.2. The number of nitrogen functional groups attached to an aromatic ring is 1. The minimum Gasteiger partial charge on any atom is -0.475 e. The van der Waals surface area contributed by atoms with E-state index in [9.17, 15) is 26.3 Å². The SMILES string of the molecule is Nc1ncnc2c1ncn2[C@H]1C[C@H]2C[C@@H]1CN2.O=C(O)C(F)(F)F.O=C(O)C(F)(F)F. The molecule has 1 saturated heterocycles. The van der Waals surface area contributed by atoms with E-state index < -0.39 is 24.3 Å². The van der Waals surface area contributed by atoms with Gasteiger partial charge in [0.1, 0.15) is 11.8 Å². The molecule has 2 bridgehead atoms. The molecule has 3 atom stereocenters. The monoisotopic (exact) mass is 458 g/mol. The van der Waals surface area contributed by atoms with E-state index in [2.05, 4.69) is 24.8 Å². The number of nitrogens with one attached hydrogen (secondary N) is 1. The molecule has 2 fully saturated rings. The number of nitrogens with zero attached hydrogens (tertiary/aromatic N) is 4. The normalized spacial score (nSPS) is 22.3. The molecule has 16 heteroatoms. The van der Waals surface area contributed by atoms with Crippen molar-refractivity contribution in [3.63, 3.8) is 0 Å². The number of aromatic nitrogens is 4. The molecule has 2 aliphatic rings. The van der Waals surface area contributed by atoms with Crippen molar-refractivity contribution >= 4 is 28.9 Å². The van der Waals surface area contributed by atoms with Gasteiger partial charge in [0.25, 0.3) is 0 Å².